The van der Waals surface area contributed by atoms with Crippen LogP contribution in [0.15, 0.2) is 35.6 Å². The standard InChI is InChI=1S/C16H15F2N3O4S/c1-23-13-5-6-19-12(14(13)24-2)8-26(22)16-20-10-4-3-9(25-15(17)18)7-11(10)21-16/h3-7,15H,8H2,1-2H3,(H,20,21)/i1D2,2D2. The Morgan fingerprint density at radius 1 is 1.31 bits per heavy atom. The second kappa shape index (κ2) is 7.75. The number of aromatic nitrogens is 3. The van der Waals surface area contributed by atoms with Crippen LogP contribution in [-0.4, -0.2) is 40.2 Å². The minimum atomic E-state index is -2.99. The molecule has 0 saturated heterocycles. The summed E-state index contributed by atoms with van der Waals surface area (Å²) in [4.78, 5) is 11.0. The van der Waals surface area contributed by atoms with E-state index in [9.17, 15) is 13.3 Å². The number of fused-ring (bicyclic) bond motifs is 1. The highest BCUT2D eigenvalue weighted by molar-refractivity contribution is 7.90. The molecule has 26 heavy (non-hydrogen) atoms. The van der Waals surface area contributed by atoms with E-state index < -0.39 is 31.9 Å². The third-order valence-corrected chi connectivity index (χ3v) is 4.49. The number of H-pyrrole nitrogens is 1. The Balaban J connectivity index is 1.86. The van der Waals surface area contributed by atoms with Crippen molar-refractivity contribution in [3.63, 3.8) is 0 Å². The summed E-state index contributed by atoms with van der Waals surface area (Å²) < 4.78 is 80.8. The molecule has 10 heteroatoms. The predicted molar refractivity (Wildman–Crippen MR) is 90.2 cm³/mol. The summed E-state index contributed by atoms with van der Waals surface area (Å²) >= 11 is -1.80. The molecule has 0 spiro atoms. The van der Waals surface area contributed by atoms with Crippen LogP contribution in [0.5, 0.6) is 17.2 Å². The number of pyridine rings is 1. The van der Waals surface area contributed by atoms with Gasteiger partial charge in [-0.05, 0) is 12.1 Å². The topological polar surface area (TPSA) is 92.3 Å². The van der Waals surface area contributed by atoms with Crippen LogP contribution in [0.4, 0.5) is 8.78 Å². The van der Waals surface area contributed by atoms with Gasteiger partial charge in [-0.3, -0.25) is 9.97 Å². The monoisotopic (exact) mass is 387 g/mol. The second-order valence-electron chi connectivity index (χ2n) is 4.91. The first kappa shape index (κ1) is 13.6. The molecule has 3 rings (SSSR count). The maximum absolute atomic E-state index is 12.8. The van der Waals surface area contributed by atoms with Gasteiger partial charge < -0.3 is 18.8 Å². The number of nitrogens with zero attached hydrogens (tertiary/aromatic N) is 2. The third-order valence-electron chi connectivity index (χ3n) is 3.33. The van der Waals surface area contributed by atoms with Crippen molar-refractivity contribution in [2.75, 3.05) is 14.1 Å². The van der Waals surface area contributed by atoms with Gasteiger partial charge in [0.2, 0.25) is 0 Å². The molecule has 0 amide bonds. The summed E-state index contributed by atoms with van der Waals surface area (Å²) in [5, 5.41) is 0.0328. The Kier molecular flexibility index (Phi) is 4.05. The van der Waals surface area contributed by atoms with Crippen molar-refractivity contribution in [1.82, 2.24) is 15.0 Å². The molecule has 0 aliphatic rings. The summed E-state index contributed by atoms with van der Waals surface area (Å²) in [6, 6.07) is 5.34. The minimum Gasteiger partial charge on any atom is -0.609 e. The number of methoxy groups -OCH3 is 2. The minimum absolute atomic E-state index is 0.0328. The molecule has 138 valence electrons. The molecule has 1 aromatic carbocycles. The number of aromatic amines is 1. The first-order chi connectivity index (χ1) is 14.2. The molecular formula is C16H15F2N3O4S. The highest BCUT2D eigenvalue weighted by atomic mass is 32.2. The number of hydrogen-bond acceptors (Lipinski definition) is 6. The molecule has 0 saturated carbocycles. The quantitative estimate of drug-likeness (QED) is 0.627. The van der Waals surface area contributed by atoms with Crippen molar-refractivity contribution >= 4 is 22.2 Å². The average molecular weight is 387 g/mol. The maximum atomic E-state index is 12.8. The molecule has 0 fully saturated rings. The molecule has 7 nitrogen and oxygen atoms in total. The van der Waals surface area contributed by atoms with Crippen LogP contribution in [0.25, 0.3) is 11.0 Å². The van der Waals surface area contributed by atoms with Crippen molar-refractivity contribution in [3.05, 3.63) is 36.2 Å². The van der Waals surface area contributed by atoms with Crippen molar-refractivity contribution in [1.29, 1.82) is 0 Å². The van der Waals surface area contributed by atoms with Crippen molar-refractivity contribution in [2.45, 2.75) is 17.5 Å². The smallest absolute Gasteiger partial charge is 0.387 e. The van der Waals surface area contributed by atoms with Gasteiger partial charge in [-0.1, -0.05) is 0 Å². The number of hydrogen-bond donors (Lipinski definition) is 1. The Morgan fingerprint density at radius 3 is 2.92 bits per heavy atom. The van der Waals surface area contributed by atoms with Crippen molar-refractivity contribution < 1.29 is 33.0 Å². The Labute approximate surface area is 156 Å². The summed E-state index contributed by atoms with van der Waals surface area (Å²) in [6.07, 6.45) is 1.28. The van der Waals surface area contributed by atoms with Gasteiger partial charge in [-0.25, -0.2) is 0 Å². The molecule has 0 radical (unpaired) electrons. The van der Waals surface area contributed by atoms with E-state index in [1.807, 2.05) is 0 Å². The van der Waals surface area contributed by atoms with Crippen molar-refractivity contribution in [3.8, 4) is 17.2 Å². The zero-order chi connectivity index (χ0) is 21.8. The molecule has 2 heterocycles. The molecular weight excluding hydrogens is 368 g/mol. The van der Waals surface area contributed by atoms with Gasteiger partial charge in [-0.15, -0.1) is 0 Å². The molecule has 0 bridgehead atoms. The second-order valence-corrected chi connectivity index (χ2v) is 6.28. The van der Waals surface area contributed by atoms with Crippen LogP contribution in [-0.2, 0) is 16.9 Å². The molecule has 1 atom stereocenters. The van der Waals surface area contributed by atoms with E-state index in [1.165, 1.54) is 30.5 Å². The number of alkyl halides is 2. The van der Waals surface area contributed by atoms with Crippen LogP contribution >= 0.6 is 0 Å². The Morgan fingerprint density at radius 2 is 2.15 bits per heavy atom. The fourth-order valence-corrected chi connectivity index (χ4v) is 3.25. The Bertz CT molecular complexity index is 1010. The van der Waals surface area contributed by atoms with Crippen LogP contribution in [0.1, 0.15) is 11.2 Å². The molecule has 0 aliphatic carbocycles. The molecule has 1 unspecified atom stereocenters. The number of halogens is 2. The van der Waals surface area contributed by atoms with Gasteiger partial charge in [0.05, 0.1) is 30.6 Å². The highest BCUT2D eigenvalue weighted by Gasteiger charge is 2.22. The molecule has 2 aromatic heterocycles. The number of ether oxygens (including phenoxy) is 3. The lowest BCUT2D eigenvalue weighted by Crippen LogP contribution is -2.10. The molecule has 1 N–H and O–H groups in total. The number of imidazole rings is 1. The van der Waals surface area contributed by atoms with Crippen LogP contribution in [0.2, 0.25) is 0 Å². The van der Waals surface area contributed by atoms with E-state index in [4.69, 9.17) is 15.0 Å². The molecule has 0 aliphatic heterocycles. The van der Waals surface area contributed by atoms with E-state index in [2.05, 4.69) is 19.7 Å². The first-order valence-corrected chi connectivity index (χ1v) is 8.38. The largest absolute Gasteiger partial charge is 0.609 e. The lowest BCUT2D eigenvalue weighted by atomic mass is 10.3. The Hall–Kier alpha value is -2.59. The summed E-state index contributed by atoms with van der Waals surface area (Å²) in [5.41, 5.74) is 0.782. The number of benzene rings is 1. The van der Waals surface area contributed by atoms with Gasteiger partial charge in [0.25, 0.3) is 0 Å². The summed E-state index contributed by atoms with van der Waals surface area (Å²) in [7, 11) is -3.44. The lowest BCUT2D eigenvalue weighted by Gasteiger charge is -2.12. The third kappa shape index (κ3) is 3.81. The fraction of sp³-hybridized carbons (Fsp3) is 0.250. The van der Waals surface area contributed by atoms with E-state index in [1.54, 1.807) is 0 Å². The maximum Gasteiger partial charge on any atom is 0.387 e. The van der Waals surface area contributed by atoms with Gasteiger partial charge in [-0.2, -0.15) is 13.8 Å². The highest BCUT2D eigenvalue weighted by Crippen LogP contribution is 2.31. The predicted octanol–water partition coefficient (Wildman–Crippen LogP) is 2.88. The molecule has 3 aromatic rings. The van der Waals surface area contributed by atoms with Gasteiger partial charge in [0.1, 0.15) is 11.4 Å². The normalized spacial score (nSPS) is 14.8. The van der Waals surface area contributed by atoms with Gasteiger partial charge in [0.15, 0.2) is 17.3 Å². The summed E-state index contributed by atoms with van der Waals surface area (Å²) in [5.74, 6) is -0.607. The van der Waals surface area contributed by atoms with Crippen molar-refractivity contribution in [2.24, 2.45) is 0 Å². The average Bonchev–Trinajstić information content (AvgIpc) is 3.06. The van der Waals surface area contributed by atoms with Gasteiger partial charge in [0, 0.05) is 29.5 Å². The van der Waals surface area contributed by atoms with Crippen LogP contribution in [0, 0.1) is 0 Å². The number of nitrogens with one attached hydrogen (secondary N) is 1. The summed E-state index contributed by atoms with van der Waals surface area (Å²) in [6.45, 7) is -2.99. The number of rotatable bonds is 7. The van der Waals surface area contributed by atoms with E-state index in [0.717, 1.165) is 0 Å². The van der Waals surface area contributed by atoms with E-state index in [-0.39, 0.29) is 39.4 Å². The van der Waals surface area contributed by atoms with E-state index >= 15 is 0 Å². The van der Waals surface area contributed by atoms with Crippen LogP contribution < -0.4 is 14.2 Å². The SMILES string of the molecule is [2H]C([2H])Oc1ccnc(C[S+]([O-])c2nc3cc(OC(F)F)ccc3[nH]2)c1OC([2H])[2H]. The van der Waals surface area contributed by atoms with Crippen LogP contribution in [0.3, 0.4) is 0 Å². The zero-order valence-corrected chi connectivity index (χ0v) is 13.8. The lowest BCUT2D eigenvalue weighted by molar-refractivity contribution is -0.0497. The fourth-order valence-electron chi connectivity index (χ4n) is 2.23. The van der Waals surface area contributed by atoms with Gasteiger partial charge >= 0.3 is 11.8 Å². The first-order valence-electron chi connectivity index (χ1n) is 9.37. The zero-order valence-electron chi connectivity index (χ0n) is 17.0. The van der Waals surface area contributed by atoms with E-state index in [0.29, 0.717) is 5.52 Å².